The Labute approximate surface area is 232 Å². The average Bonchev–Trinajstić information content (AvgIpc) is 2.88. The van der Waals surface area contributed by atoms with Gasteiger partial charge in [-0.15, -0.1) is 0 Å². The number of piperidine rings is 1. The third kappa shape index (κ3) is 5.50. The lowest BCUT2D eigenvalue weighted by Crippen LogP contribution is -2.45. The van der Waals surface area contributed by atoms with Crippen molar-refractivity contribution in [3.05, 3.63) is 92.5 Å². The van der Waals surface area contributed by atoms with Crippen molar-refractivity contribution in [3.8, 4) is 11.5 Å². The average molecular weight is 565 g/mol. The zero-order valence-corrected chi connectivity index (χ0v) is 22.2. The maximum absolute atomic E-state index is 13.4. The maximum Gasteiger partial charge on any atom is 0.262 e. The topological polar surface area (TPSA) is 119 Å². The molecule has 11 heteroatoms. The van der Waals surface area contributed by atoms with E-state index < -0.39 is 17.5 Å². The van der Waals surface area contributed by atoms with Crippen LogP contribution in [0.3, 0.4) is 0 Å². The third-order valence-electron chi connectivity index (χ3n) is 6.34. The summed E-state index contributed by atoms with van der Waals surface area (Å²) in [4.78, 5) is 55.0. The molecule has 0 radical (unpaired) electrons. The van der Waals surface area contributed by atoms with Crippen LogP contribution in [0.4, 0.5) is 5.69 Å². The number of imide groups is 1. The lowest BCUT2D eigenvalue weighted by Gasteiger charge is -2.24. The van der Waals surface area contributed by atoms with Crippen molar-refractivity contribution in [1.29, 1.82) is 0 Å². The minimum absolute atomic E-state index is 0.0237. The molecule has 1 fully saturated rings. The fourth-order valence-corrected chi connectivity index (χ4v) is 4.97. The van der Waals surface area contributed by atoms with Crippen LogP contribution in [0, 0.1) is 6.92 Å². The molecule has 1 unspecified atom stereocenters. The number of fused-ring (bicyclic) bond motifs is 1. The highest BCUT2D eigenvalue weighted by Gasteiger charge is 2.30. The molecule has 3 aromatic carbocycles. The van der Waals surface area contributed by atoms with E-state index >= 15 is 0 Å². The molecule has 1 atom stereocenters. The van der Waals surface area contributed by atoms with Gasteiger partial charge in [-0.25, -0.2) is 4.98 Å². The zero-order valence-electron chi connectivity index (χ0n) is 20.7. The number of carbonyl (C=O) groups excluding carboxylic acids is 3. The predicted molar refractivity (Wildman–Crippen MR) is 147 cm³/mol. The van der Waals surface area contributed by atoms with Gasteiger partial charge in [-0.2, -0.15) is 0 Å². The van der Waals surface area contributed by atoms with E-state index in [-0.39, 0.29) is 36.5 Å². The van der Waals surface area contributed by atoms with Gasteiger partial charge in [-0.1, -0.05) is 47.5 Å². The SMILES string of the molecule is Cc1nc2c(NC(=O)Cc3ccccc3Oc3ccc(Cl)cc3Cl)cccc2c(=O)n1C1CCC(=O)NC1=O. The number of aryl methyl sites for hydroxylation is 1. The molecule has 198 valence electrons. The number of amides is 3. The monoisotopic (exact) mass is 564 g/mol. The molecule has 2 heterocycles. The Morgan fingerprint density at radius 3 is 2.64 bits per heavy atom. The molecule has 0 saturated carbocycles. The van der Waals surface area contributed by atoms with E-state index in [9.17, 15) is 19.2 Å². The lowest BCUT2D eigenvalue weighted by molar-refractivity contribution is -0.135. The van der Waals surface area contributed by atoms with Crippen LogP contribution in [0.25, 0.3) is 10.9 Å². The van der Waals surface area contributed by atoms with Crippen LogP contribution in [-0.2, 0) is 20.8 Å². The van der Waals surface area contributed by atoms with Gasteiger partial charge in [0, 0.05) is 17.0 Å². The molecule has 4 aromatic rings. The number of anilines is 1. The van der Waals surface area contributed by atoms with Gasteiger partial charge in [0.25, 0.3) is 5.56 Å². The molecule has 9 nitrogen and oxygen atoms in total. The van der Waals surface area contributed by atoms with Gasteiger partial charge in [0.15, 0.2) is 0 Å². The summed E-state index contributed by atoms with van der Waals surface area (Å²) >= 11 is 12.2. The number of nitrogens with zero attached hydrogens (tertiary/aromatic N) is 2. The molecule has 1 saturated heterocycles. The summed E-state index contributed by atoms with van der Waals surface area (Å²) in [6, 6.07) is 16.0. The Hall–Kier alpha value is -4.21. The number of ether oxygens (including phenoxy) is 1. The number of hydrogen-bond donors (Lipinski definition) is 2. The van der Waals surface area contributed by atoms with Crippen LogP contribution < -0.4 is 20.9 Å². The first-order chi connectivity index (χ1) is 18.7. The summed E-state index contributed by atoms with van der Waals surface area (Å²) in [5, 5.41) is 6.16. The van der Waals surface area contributed by atoms with Gasteiger partial charge in [0.1, 0.15) is 28.9 Å². The van der Waals surface area contributed by atoms with E-state index in [0.717, 1.165) is 0 Å². The van der Waals surface area contributed by atoms with Gasteiger partial charge in [-0.3, -0.25) is 29.1 Å². The minimum Gasteiger partial charge on any atom is -0.456 e. The largest absolute Gasteiger partial charge is 0.456 e. The summed E-state index contributed by atoms with van der Waals surface area (Å²) in [6.07, 6.45) is 0.313. The van der Waals surface area contributed by atoms with Crippen LogP contribution in [0.5, 0.6) is 11.5 Å². The first-order valence-electron chi connectivity index (χ1n) is 12.1. The highest BCUT2D eigenvalue weighted by atomic mass is 35.5. The molecular formula is C28H22Cl2N4O5. The van der Waals surface area contributed by atoms with Crippen molar-refractivity contribution >= 4 is 57.5 Å². The van der Waals surface area contributed by atoms with Gasteiger partial charge in [0.2, 0.25) is 17.7 Å². The molecule has 1 aliphatic heterocycles. The van der Waals surface area contributed by atoms with Crippen LogP contribution >= 0.6 is 23.2 Å². The number of halogens is 2. The van der Waals surface area contributed by atoms with E-state index in [1.807, 2.05) is 0 Å². The molecule has 5 rings (SSSR count). The summed E-state index contributed by atoms with van der Waals surface area (Å²) < 4.78 is 7.25. The molecule has 3 amide bonds. The van der Waals surface area contributed by atoms with Gasteiger partial charge in [-0.05, 0) is 49.7 Å². The number of carbonyl (C=O) groups is 3. The van der Waals surface area contributed by atoms with Gasteiger partial charge >= 0.3 is 0 Å². The van der Waals surface area contributed by atoms with Crippen molar-refractivity contribution in [1.82, 2.24) is 14.9 Å². The van der Waals surface area contributed by atoms with Crippen LogP contribution in [0.15, 0.2) is 65.5 Å². The first kappa shape index (κ1) is 26.4. The molecule has 39 heavy (non-hydrogen) atoms. The Morgan fingerprint density at radius 2 is 1.87 bits per heavy atom. The van der Waals surface area contributed by atoms with E-state index in [4.69, 9.17) is 27.9 Å². The maximum atomic E-state index is 13.4. The second-order valence-electron chi connectivity index (χ2n) is 9.01. The van der Waals surface area contributed by atoms with E-state index in [0.29, 0.717) is 44.1 Å². The standard InChI is InChI=1S/C28H22Cl2N4O5/c1-15-31-26-18(28(38)34(15)21-10-12-24(35)33-27(21)37)6-4-7-20(26)32-25(36)13-16-5-2-3-8-22(16)39-23-11-9-17(29)14-19(23)30/h2-9,11,14,21H,10,12-13H2,1H3,(H,32,36)(H,33,35,37). The molecule has 1 aliphatic rings. The number of hydrogen-bond acceptors (Lipinski definition) is 6. The van der Waals surface area contributed by atoms with Crippen LogP contribution in [0.2, 0.25) is 10.0 Å². The fraction of sp³-hybridized carbons (Fsp3) is 0.179. The molecule has 1 aromatic heterocycles. The lowest BCUT2D eigenvalue weighted by atomic mass is 10.1. The molecule has 0 aliphatic carbocycles. The molecule has 0 bridgehead atoms. The number of para-hydroxylation sites is 2. The highest BCUT2D eigenvalue weighted by Crippen LogP contribution is 2.33. The number of nitrogens with one attached hydrogen (secondary N) is 2. The fourth-order valence-electron chi connectivity index (χ4n) is 4.52. The molecule has 2 N–H and O–H groups in total. The third-order valence-corrected chi connectivity index (χ3v) is 6.87. The molecular weight excluding hydrogens is 543 g/mol. The Balaban J connectivity index is 1.40. The second-order valence-corrected chi connectivity index (χ2v) is 9.86. The Bertz CT molecular complexity index is 1700. The van der Waals surface area contributed by atoms with Crippen LogP contribution in [-0.4, -0.2) is 27.3 Å². The Kier molecular flexibility index (Phi) is 7.36. The second kappa shape index (κ2) is 10.9. The number of benzene rings is 3. The summed E-state index contributed by atoms with van der Waals surface area (Å²) in [5.74, 6) is -0.116. The van der Waals surface area contributed by atoms with Gasteiger partial charge in [0.05, 0.1) is 22.5 Å². The summed E-state index contributed by atoms with van der Waals surface area (Å²) in [5.41, 5.74) is 0.842. The van der Waals surface area contributed by atoms with Crippen molar-refractivity contribution in [2.45, 2.75) is 32.2 Å². The van der Waals surface area contributed by atoms with Crippen molar-refractivity contribution in [2.24, 2.45) is 0 Å². The van der Waals surface area contributed by atoms with Crippen molar-refractivity contribution in [2.75, 3.05) is 5.32 Å². The zero-order chi connectivity index (χ0) is 27.7. The quantitative estimate of drug-likeness (QED) is 0.319. The van der Waals surface area contributed by atoms with E-state index in [2.05, 4.69) is 15.6 Å². The highest BCUT2D eigenvalue weighted by molar-refractivity contribution is 6.35. The minimum atomic E-state index is -0.837. The molecule has 0 spiro atoms. The normalized spacial score (nSPS) is 15.2. The predicted octanol–water partition coefficient (Wildman–Crippen LogP) is 4.96. The number of rotatable bonds is 6. The summed E-state index contributed by atoms with van der Waals surface area (Å²) in [7, 11) is 0. The van der Waals surface area contributed by atoms with Crippen LogP contribution in [0.1, 0.15) is 30.3 Å². The van der Waals surface area contributed by atoms with Crippen molar-refractivity contribution < 1.29 is 19.1 Å². The van der Waals surface area contributed by atoms with E-state index in [1.54, 1.807) is 67.6 Å². The Morgan fingerprint density at radius 1 is 1.08 bits per heavy atom. The summed E-state index contributed by atoms with van der Waals surface area (Å²) in [6.45, 7) is 1.61. The van der Waals surface area contributed by atoms with Crippen molar-refractivity contribution in [3.63, 3.8) is 0 Å². The number of aromatic nitrogens is 2. The smallest absolute Gasteiger partial charge is 0.262 e. The van der Waals surface area contributed by atoms with Gasteiger partial charge < -0.3 is 10.1 Å². The first-order valence-corrected chi connectivity index (χ1v) is 12.8. The van der Waals surface area contributed by atoms with E-state index in [1.165, 1.54) is 4.57 Å².